The number of amides is 1. The van der Waals surface area contributed by atoms with Crippen LogP contribution in [0.4, 0.5) is 0 Å². The van der Waals surface area contributed by atoms with Gasteiger partial charge in [-0.25, -0.2) is 4.68 Å². The second-order valence-electron chi connectivity index (χ2n) is 2.86. The molecule has 0 aromatic carbocycles. The number of aromatic nitrogens is 4. The normalized spacial score (nSPS) is 12.4. The molecule has 1 aromatic rings. The topological polar surface area (TPSA) is 92.9 Å². The number of tetrazole rings is 1. The van der Waals surface area contributed by atoms with Crippen molar-refractivity contribution in [3.8, 4) is 0 Å². The van der Waals surface area contributed by atoms with Gasteiger partial charge in [0.05, 0.1) is 12.6 Å². The number of nitrogens with one attached hydrogen (secondary N) is 1. The van der Waals surface area contributed by atoms with Crippen molar-refractivity contribution in [2.75, 3.05) is 6.61 Å². The van der Waals surface area contributed by atoms with E-state index in [-0.39, 0.29) is 25.1 Å². The Labute approximate surface area is 81.1 Å². The van der Waals surface area contributed by atoms with E-state index in [9.17, 15) is 4.79 Å². The molecule has 2 N–H and O–H groups in total. The monoisotopic (exact) mass is 199 g/mol. The molecule has 7 heteroatoms. The molecule has 0 aliphatic carbocycles. The third-order valence-electron chi connectivity index (χ3n) is 1.78. The van der Waals surface area contributed by atoms with Crippen LogP contribution in [0.5, 0.6) is 0 Å². The van der Waals surface area contributed by atoms with E-state index < -0.39 is 0 Å². The van der Waals surface area contributed by atoms with Gasteiger partial charge in [-0.2, -0.15) is 0 Å². The highest BCUT2D eigenvalue weighted by atomic mass is 16.3. The second-order valence-corrected chi connectivity index (χ2v) is 2.86. The van der Waals surface area contributed by atoms with Crippen molar-refractivity contribution in [3.05, 3.63) is 6.33 Å². The maximum absolute atomic E-state index is 11.3. The van der Waals surface area contributed by atoms with E-state index in [0.29, 0.717) is 6.42 Å². The Morgan fingerprint density at radius 1 is 1.71 bits per heavy atom. The predicted molar refractivity (Wildman–Crippen MR) is 47.1 cm³/mol. The molecule has 0 saturated heterocycles. The van der Waals surface area contributed by atoms with Crippen LogP contribution < -0.4 is 5.32 Å². The number of aliphatic hydroxyl groups is 1. The van der Waals surface area contributed by atoms with Crippen molar-refractivity contribution >= 4 is 5.91 Å². The minimum atomic E-state index is -0.210. The van der Waals surface area contributed by atoms with Gasteiger partial charge in [-0.05, 0) is 16.8 Å². The molecule has 0 radical (unpaired) electrons. The van der Waals surface area contributed by atoms with Gasteiger partial charge in [0.15, 0.2) is 0 Å². The number of nitrogens with zero attached hydrogens (tertiary/aromatic N) is 4. The van der Waals surface area contributed by atoms with Crippen LogP contribution in [0.2, 0.25) is 0 Å². The molecule has 7 nitrogen and oxygen atoms in total. The largest absolute Gasteiger partial charge is 0.394 e. The summed E-state index contributed by atoms with van der Waals surface area (Å²) in [5.41, 5.74) is 0. The number of aliphatic hydroxyl groups excluding tert-OH is 1. The molecule has 0 aliphatic rings. The van der Waals surface area contributed by atoms with E-state index in [1.807, 2.05) is 6.92 Å². The fourth-order valence-corrected chi connectivity index (χ4v) is 0.950. The quantitative estimate of drug-likeness (QED) is 0.605. The first-order chi connectivity index (χ1) is 6.76. The first-order valence-electron chi connectivity index (χ1n) is 4.37. The third kappa shape index (κ3) is 3.09. The molecule has 1 rings (SSSR count). The van der Waals surface area contributed by atoms with Crippen LogP contribution >= 0.6 is 0 Å². The lowest BCUT2D eigenvalue weighted by Gasteiger charge is -2.13. The summed E-state index contributed by atoms with van der Waals surface area (Å²) in [7, 11) is 0. The summed E-state index contributed by atoms with van der Waals surface area (Å²) in [5, 5.41) is 21.8. The van der Waals surface area contributed by atoms with Crippen molar-refractivity contribution in [2.45, 2.75) is 25.9 Å². The van der Waals surface area contributed by atoms with Gasteiger partial charge in [0.25, 0.3) is 0 Å². The van der Waals surface area contributed by atoms with E-state index in [0.717, 1.165) is 0 Å². The van der Waals surface area contributed by atoms with Crippen molar-refractivity contribution in [1.82, 2.24) is 25.5 Å². The highest BCUT2D eigenvalue weighted by Crippen LogP contribution is 1.89. The van der Waals surface area contributed by atoms with Gasteiger partial charge in [0.2, 0.25) is 5.91 Å². The summed E-state index contributed by atoms with van der Waals surface area (Å²) in [4.78, 5) is 11.3. The molecule has 78 valence electrons. The minimum absolute atomic E-state index is 0.0577. The fraction of sp³-hybridized carbons (Fsp3) is 0.714. The van der Waals surface area contributed by atoms with Crippen LogP contribution in [-0.4, -0.2) is 43.9 Å². The molecule has 0 aliphatic heterocycles. The van der Waals surface area contributed by atoms with E-state index in [2.05, 4.69) is 20.8 Å². The molecule has 1 aromatic heterocycles. The van der Waals surface area contributed by atoms with Crippen LogP contribution in [0, 0.1) is 0 Å². The highest BCUT2D eigenvalue weighted by Gasteiger charge is 2.09. The molecular weight excluding hydrogens is 186 g/mol. The van der Waals surface area contributed by atoms with Crippen LogP contribution in [-0.2, 0) is 11.3 Å². The van der Waals surface area contributed by atoms with E-state index in [1.165, 1.54) is 11.0 Å². The molecule has 0 saturated carbocycles. The smallest absolute Gasteiger partial charge is 0.242 e. The molecule has 0 bridgehead atoms. The van der Waals surface area contributed by atoms with Crippen molar-refractivity contribution in [3.63, 3.8) is 0 Å². The Morgan fingerprint density at radius 2 is 2.50 bits per heavy atom. The number of carbonyl (C=O) groups excluding carboxylic acids is 1. The summed E-state index contributed by atoms with van der Waals surface area (Å²) >= 11 is 0. The first-order valence-corrected chi connectivity index (χ1v) is 4.37. The lowest BCUT2D eigenvalue weighted by molar-refractivity contribution is -0.122. The second kappa shape index (κ2) is 5.28. The lowest BCUT2D eigenvalue weighted by Crippen LogP contribution is -2.38. The average molecular weight is 199 g/mol. The maximum Gasteiger partial charge on any atom is 0.242 e. The van der Waals surface area contributed by atoms with Crippen LogP contribution in [0.3, 0.4) is 0 Å². The molecule has 1 atom stereocenters. The zero-order valence-corrected chi connectivity index (χ0v) is 7.92. The fourth-order valence-electron chi connectivity index (χ4n) is 0.950. The zero-order valence-electron chi connectivity index (χ0n) is 7.92. The summed E-state index contributed by atoms with van der Waals surface area (Å²) < 4.78 is 1.32. The molecule has 0 unspecified atom stereocenters. The van der Waals surface area contributed by atoms with Crippen LogP contribution in [0.15, 0.2) is 6.33 Å². The highest BCUT2D eigenvalue weighted by molar-refractivity contribution is 5.75. The summed E-state index contributed by atoms with van der Waals surface area (Å²) in [6.07, 6.45) is 2.05. The Kier molecular flexibility index (Phi) is 3.99. The molecule has 0 spiro atoms. The standard InChI is InChI=1S/C7H13N5O2/c1-2-6(4-13)9-7(14)3-12-5-8-10-11-12/h5-6,13H,2-4H2,1H3,(H,9,14)/t6-/m1/s1. The average Bonchev–Trinajstić information content (AvgIpc) is 2.66. The van der Waals surface area contributed by atoms with E-state index in [4.69, 9.17) is 5.11 Å². The molecule has 0 fully saturated rings. The third-order valence-corrected chi connectivity index (χ3v) is 1.78. The van der Waals surface area contributed by atoms with E-state index in [1.54, 1.807) is 0 Å². The molecule has 1 amide bonds. The predicted octanol–water partition coefficient (Wildman–Crippen LogP) is -1.44. The SMILES string of the molecule is CC[C@H](CO)NC(=O)Cn1cnnn1. The molecule has 1 heterocycles. The summed E-state index contributed by atoms with van der Waals surface area (Å²) in [5.74, 6) is -0.210. The van der Waals surface area contributed by atoms with E-state index >= 15 is 0 Å². The Bertz CT molecular complexity index is 270. The van der Waals surface area contributed by atoms with Gasteiger partial charge in [0, 0.05) is 0 Å². The van der Waals surface area contributed by atoms with Crippen LogP contribution in [0.25, 0.3) is 0 Å². The van der Waals surface area contributed by atoms with Crippen molar-refractivity contribution < 1.29 is 9.90 Å². The van der Waals surface area contributed by atoms with Gasteiger partial charge in [-0.15, -0.1) is 5.10 Å². The Balaban J connectivity index is 2.35. The number of rotatable bonds is 5. The van der Waals surface area contributed by atoms with Crippen LogP contribution in [0.1, 0.15) is 13.3 Å². The summed E-state index contributed by atoms with van der Waals surface area (Å²) in [6, 6.07) is -0.195. The van der Waals surface area contributed by atoms with Crippen molar-refractivity contribution in [1.29, 1.82) is 0 Å². The van der Waals surface area contributed by atoms with Gasteiger partial charge < -0.3 is 10.4 Å². The number of carbonyl (C=O) groups is 1. The van der Waals surface area contributed by atoms with Gasteiger partial charge >= 0.3 is 0 Å². The number of hydrogen-bond donors (Lipinski definition) is 2. The van der Waals surface area contributed by atoms with Crippen molar-refractivity contribution in [2.24, 2.45) is 0 Å². The van der Waals surface area contributed by atoms with Gasteiger partial charge in [0.1, 0.15) is 12.9 Å². The number of hydrogen-bond acceptors (Lipinski definition) is 5. The van der Waals surface area contributed by atoms with Gasteiger partial charge in [-0.3, -0.25) is 4.79 Å². The Morgan fingerprint density at radius 3 is 3.00 bits per heavy atom. The summed E-state index contributed by atoms with van der Waals surface area (Å²) in [6.45, 7) is 1.90. The maximum atomic E-state index is 11.3. The zero-order chi connectivity index (χ0) is 10.4. The Hall–Kier alpha value is -1.50. The lowest BCUT2D eigenvalue weighted by atomic mass is 10.2. The minimum Gasteiger partial charge on any atom is -0.394 e. The molecular formula is C7H13N5O2. The first kappa shape index (κ1) is 10.6. The molecule has 14 heavy (non-hydrogen) atoms. The van der Waals surface area contributed by atoms with Gasteiger partial charge in [-0.1, -0.05) is 6.92 Å².